The number of benzene rings is 1. The minimum atomic E-state index is -0.922. The first-order valence-corrected chi connectivity index (χ1v) is 6.27. The van der Waals surface area contributed by atoms with Crippen molar-refractivity contribution in [1.82, 2.24) is 0 Å². The van der Waals surface area contributed by atoms with E-state index in [0.717, 1.165) is 31.5 Å². The standard InChI is InChI=1S/C14H19NO4.Na.H/c1-19-13(16)5-3-2-4-10-15-12-8-6-11(7-9-12)14(17)18;;/h6-9,15H,2-5,10H2,1H3,(H,17,18);;/q;+1;-1. The summed E-state index contributed by atoms with van der Waals surface area (Å²) in [6, 6.07) is 6.64. The van der Waals surface area contributed by atoms with Gasteiger partial charge in [0.15, 0.2) is 0 Å². The van der Waals surface area contributed by atoms with Crippen LogP contribution in [0.15, 0.2) is 24.3 Å². The molecule has 0 amide bonds. The molecule has 0 heterocycles. The van der Waals surface area contributed by atoms with Crippen LogP contribution in [0.1, 0.15) is 37.5 Å². The minimum Gasteiger partial charge on any atom is -1.00 e. The number of nitrogens with one attached hydrogen (secondary N) is 1. The van der Waals surface area contributed by atoms with E-state index in [1.807, 2.05) is 0 Å². The largest absolute Gasteiger partial charge is 1.00 e. The fourth-order valence-electron chi connectivity index (χ4n) is 1.64. The first-order chi connectivity index (χ1) is 9.13. The number of methoxy groups -OCH3 is 1. The Labute approximate surface area is 142 Å². The molecule has 0 bridgehead atoms. The molecule has 1 aromatic carbocycles. The number of rotatable bonds is 8. The molecule has 0 radical (unpaired) electrons. The third-order valence-corrected chi connectivity index (χ3v) is 2.75. The van der Waals surface area contributed by atoms with Crippen LogP contribution in [0.4, 0.5) is 5.69 Å². The Balaban J connectivity index is 0. The van der Waals surface area contributed by atoms with E-state index in [9.17, 15) is 9.59 Å². The Morgan fingerprint density at radius 2 is 1.85 bits per heavy atom. The molecular formula is C14H20NNaO4. The molecule has 0 aliphatic rings. The van der Waals surface area contributed by atoms with Crippen LogP contribution in [0.2, 0.25) is 0 Å². The summed E-state index contributed by atoms with van der Waals surface area (Å²) in [5.74, 6) is -1.09. The van der Waals surface area contributed by atoms with E-state index in [0.29, 0.717) is 6.42 Å². The Hall–Kier alpha value is -1.04. The zero-order chi connectivity index (χ0) is 14.1. The van der Waals surface area contributed by atoms with Gasteiger partial charge in [-0.2, -0.15) is 0 Å². The Kier molecular flexibility index (Phi) is 10.2. The maximum atomic E-state index is 10.9. The molecule has 106 valence electrons. The molecule has 20 heavy (non-hydrogen) atoms. The summed E-state index contributed by atoms with van der Waals surface area (Å²) in [6.45, 7) is 0.799. The number of hydrogen-bond donors (Lipinski definition) is 2. The van der Waals surface area contributed by atoms with Crippen LogP contribution >= 0.6 is 0 Å². The first kappa shape index (κ1) is 19.0. The average Bonchev–Trinajstić information content (AvgIpc) is 2.42. The normalized spacial score (nSPS) is 9.45. The first-order valence-electron chi connectivity index (χ1n) is 6.27. The van der Waals surface area contributed by atoms with E-state index in [-0.39, 0.29) is 42.5 Å². The molecule has 0 spiro atoms. The summed E-state index contributed by atoms with van der Waals surface area (Å²) in [7, 11) is 1.39. The minimum absolute atomic E-state index is 0. The zero-order valence-electron chi connectivity index (χ0n) is 13.0. The van der Waals surface area contributed by atoms with E-state index in [4.69, 9.17) is 5.11 Å². The second-order valence-corrected chi connectivity index (χ2v) is 4.20. The third-order valence-electron chi connectivity index (χ3n) is 2.75. The second-order valence-electron chi connectivity index (χ2n) is 4.20. The summed E-state index contributed by atoms with van der Waals surface area (Å²) < 4.78 is 4.55. The number of hydrogen-bond acceptors (Lipinski definition) is 4. The van der Waals surface area contributed by atoms with Crippen LogP contribution in [0.25, 0.3) is 0 Å². The van der Waals surface area contributed by atoms with Crippen molar-refractivity contribution in [2.24, 2.45) is 0 Å². The Morgan fingerprint density at radius 3 is 2.40 bits per heavy atom. The van der Waals surface area contributed by atoms with Gasteiger partial charge in [0.2, 0.25) is 0 Å². The summed E-state index contributed by atoms with van der Waals surface area (Å²) in [6.07, 6.45) is 3.20. The average molecular weight is 289 g/mol. The summed E-state index contributed by atoms with van der Waals surface area (Å²) in [5.41, 5.74) is 1.18. The number of carboxylic acid groups (broad SMARTS) is 1. The SMILES string of the molecule is COC(=O)CCCCCNc1ccc(C(=O)O)cc1.[H-].[Na+]. The summed E-state index contributed by atoms with van der Waals surface area (Å²) in [4.78, 5) is 21.5. The van der Waals surface area contributed by atoms with E-state index < -0.39 is 5.97 Å². The van der Waals surface area contributed by atoms with Crippen molar-refractivity contribution >= 4 is 17.6 Å². The molecule has 0 unspecified atom stereocenters. The molecule has 6 heteroatoms. The van der Waals surface area contributed by atoms with Crippen LogP contribution < -0.4 is 34.9 Å². The molecule has 0 fully saturated rings. The van der Waals surface area contributed by atoms with Crippen LogP contribution in [-0.2, 0) is 9.53 Å². The van der Waals surface area contributed by atoms with Gasteiger partial charge >= 0.3 is 41.5 Å². The van der Waals surface area contributed by atoms with Gasteiger partial charge in [0, 0.05) is 18.7 Å². The maximum Gasteiger partial charge on any atom is 1.00 e. The Bertz CT molecular complexity index is 425. The molecule has 0 aliphatic carbocycles. The summed E-state index contributed by atoms with van der Waals surface area (Å²) in [5, 5.41) is 12.0. The number of unbranched alkanes of at least 4 members (excludes halogenated alkanes) is 2. The number of anilines is 1. The second kappa shape index (κ2) is 10.7. The van der Waals surface area contributed by atoms with E-state index in [2.05, 4.69) is 10.1 Å². The molecule has 0 aliphatic heterocycles. The van der Waals surface area contributed by atoms with Crippen LogP contribution in [0.3, 0.4) is 0 Å². The molecule has 5 nitrogen and oxygen atoms in total. The van der Waals surface area contributed by atoms with Crippen molar-refractivity contribution in [3.8, 4) is 0 Å². The van der Waals surface area contributed by atoms with Gasteiger partial charge in [0.05, 0.1) is 12.7 Å². The van der Waals surface area contributed by atoms with Crippen molar-refractivity contribution in [2.75, 3.05) is 19.0 Å². The van der Waals surface area contributed by atoms with Gasteiger partial charge in [-0.15, -0.1) is 0 Å². The van der Waals surface area contributed by atoms with Crippen molar-refractivity contribution in [3.05, 3.63) is 29.8 Å². The van der Waals surface area contributed by atoms with Gasteiger partial charge in [-0.3, -0.25) is 4.79 Å². The van der Waals surface area contributed by atoms with Crippen molar-refractivity contribution < 1.29 is 50.4 Å². The smallest absolute Gasteiger partial charge is 1.00 e. The van der Waals surface area contributed by atoms with Gasteiger partial charge in [0.1, 0.15) is 0 Å². The number of esters is 1. The molecule has 0 saturated carbocycles. The number of carboxylic acids is 1. The quantitative estimate of drug-likeness (QED) is 0.388. The molecule has 0 aromatic heterocycles. The number of carbonyl (C=O) groups is 2. The molecule has 1 rings (SSSR count). The Morgan fingerprint density at radius 1 is 1.20 bits per heavy atom. The van der Waals surface area contributed by atoms with Gasteiger partial charge in [-0.05, 0) is 37.1 Å². The van der Waals surface area contributed by atoms with E-state index >= 15 is 0 Å². The number of ether oxygens (including phenoxy) is 1. The van der Waals surface area contributed by atoms with Gasteiger partial charge in [-0.1, -0.05) is 6.42 Å². The monoisotopic (exact) mass is 289 g/mol. The molecule has 1 aromatic rings. The van der Waals surface area contributed by atoms with E-state index in [1.54, 1.807) is 24.3 Å². The van der Waals surface area contributed by atoms with Crippen LogP contribution in [-0.4, -0.2) is 30.7 Å². The number of aromatic carboxylic acids is 1. The van der Waals surface area contributed by atoms with Crippen molar-refractivity contribution in [1.29, 1.82) is 0 Å². The third kappa shape index (κ3) is 7.53. The molecule has 0 saturated heterocycles. The predicted molar refractivity (Wildman–Crippen MR) is 73.5 cm³/mol. The van der Waals surface area contributed by atoms with Gasteiger partial charge in [0.25, 0.3) is 0 Å². The molecule has 2 N–H and O–H groups in total. The maximum absolute atomic E-state index is 10.9. The zero-order valence-corrected chi connectivity index (χ0v) is 14.0. The fraction of sp³-hybridized carbons (Fsp3) is 0.429. The number of carbonyl (C=O) groups excluding carboxylic acids is 1. The van der Waals surface area contributed by atoms with Crippen molar-refractivity contribution in [3.63, 3.8) is 0 Å². The van der Waals surface area contributed by atoms with Crippen molar-refractivity contribution in [2.45, 2.75) is 25.7 Å². The fourth-order valence-corrected chi connectivity index (χ4v) is 1.64. The van der Waals surface area contributed by atoms with Crippen LogP contribution in [0.5, 0.6) is 0 Å². The van der Waals surface area contributed by atoms with E-state index in [1.165, 1.54) is 7.11 Å². The van der Waals surface area contributed by atoms with Gasteiger partial charge < -0.3 is 16.6 Å². The topological polar surface area (TPSA) is 75.6 Å². The predicted octanol–water partition coefficient (Wildman–Crippen LogP) is -0.353. The molecule has 0 atom stereocenters. The van der Waals surface area contributed by atoms with Gasteiger partial charge in [-0.25, -0.2) is 4.79 Å². The molecular weight excluding hydrogens is 269 g/mol. The van der Waals surface area contributed by atoms with Crippen LogP contribution in [0, 0.1) is 0 Å². The summed E-state index contributed by atoms with van der Waals surface area (Å²) >= 11 is 0.